The summed E-state index contributed by atoms with van der Waals surface area (Å²) < 4.78 is 13.0. The first-order valence-corrected chi connectivity index (χ1v) is 6.16. The lowest BCUT2D eigenvalue weighted by Gasteiger charge is -2.07. The van der Waals surface area contributed by atoms with E-state index in [1.54, 1.807) is 18.2 Å². The van der Waals surface area contributed by atoms with Crippen molar-refractivity contribution in [1.29, 1.82) is 0 Å². The molecule has 3 heteroatoms. The summed E-state index contributed by atoms with van der Waals surface area (Å²) in [6, 6.07) is 11.8. The van der Waals surface area contributed by atoms with Crippen LogP contribution in [0.3, 0.4) is 0 Å². The summed E-state index contributed by atoms with van der Waals surface area (Å²) in [4.78, 5) is 12.0. The molecule has 0 aromatic heterocycles. The van der Waals surface area contributed by atoms with E-state index in [1.165, 1.54) is 12.1 Å². The van der Waals surface area contributed by atoms with Gasteiger partial charge in [0.15, 0.2) is 0 Å². The third kappa shape index (κ3) is 3.41. The van der Waals surface area contributed by atoms with E-state index in [0.29, 0.717) is 12.1 Å². The third-order valence-corrected chi connectivity index (χ3v) is 3.11. The van der Waals surface area contributed by atoms with E-state index in [1.807, 2.05) is 26.0 Å². The molecule has 0 saturated heterocycles. The molecule has 2 nitrogen and oxygen atoms in total. The van der Waals surface area contributed by atoms with Gasteiger partial charge in [0, 0.05) is 12.1 Å². The van der Waals surface area contributed by atoms with Crippen LogP contribution < -0.4 is 5.32 Å². The van der Waals surface area contributed by atoms with Crippen LogP contribution in [0.5, 0.6) is 0 Å². The average Bonchev–Trinajstić information content (AvgIpc) is 2.39. The highest BCUT2D eigenvalue weighted by Gasteiger charge is 2.06. The van der Waals surface area contributed by atoms with Gasteiger partial charge in [-0.1, -0.05) is 18.2 Å². The maximum atomic E-state index is 13.0. The van der Waals surface area contributed by atoms with Crippen molar-refractivity contribution in [1.82, 2.24) is 5.32 Å². The normalized spacial score (nSPS) is 10.3. The van der Waals surface area contributed by atoms with Gasteiger partial charge in [0.05, 0.1) is 0 Å². The van der Waals surface area contributed by atoms with Crippen LogP contribution in [0.1, 0.15) is 27.0 Å². The molecule has 0 atom stereocenters. The van der Waals surface area contributed by atoms with Crippen molar-refractivity contribution >= 4 is 5.91 Å². The zero-order valence-electron chi connectivity index (χ0n) is 11.0. The quantitative estimate of drug-likeness (QED) is 0.897. The largest absolute Gasteiger partial charge is 0.348 e. The van der Waals surface area contributed by atoms with Gasteiger partial charge in [0.25, 0.3) is 5.91 Å². The molecule has 98 valence electrons. The molecule has 0 aliphatic rings. The van der Waals surface area contributed by atoms with Gasteiger partial charge in [-0.15, -0.1) is 0 Å². The van der Waals surface area contributed by atoms with E-state index < -0.39 is 0 Å². The summed E-state index contributed by atoms with van der Waals surface area (Å²) in [6.07, 6.45) is 0. The molecular weight excluding hydrogens is 241 g/mol. The topological polar surface area (TPSA) is 29.1 Å². The van der Waals surface area contributed by atoms with Gasteiger partial charge in [-0.3, -0.25) is 4.79 Å². The summed E-state index contributed by atoms with van der Waals surface area (Å²) in [5.74, 6) is -0.440. The van der Waals surface area contributed by atoms with Gasteiger partial charge in [0.2, 0.25) is 0 Å². The number of hydrogen-bond acceptors (Lipinski definition) is 1. The minimum Gasteiger partial charge on any atom is -0.348 e. The van der Waals surface area contributed by atoms with Gasteiger partial charge in [0.1, 0.15) is 5.82 Å². The Morgan fingerprint density at radius 1 is 1.11 bits per heavy atom. The van der Waals surface area contributed by atoms with Crippen molar-refractivity contribution in [3.8, 4) is 0 Å². The first-order chi connectivity index (χ1) is 9.06. The second kappa shape index (κ2) is 5.65. The fourth-order valence-corrected chi connectivity index (χ4v) is 1.81. The smallest absolute Gasteiger partial charge is 0.251 e. The highest BCUT2D eigenvalue weighted by atomic mass is 19.1. The van der Waals surface area contributed by atoms with Crippen LogP contribution in [0.4, 0.5) is 4.39 Å². The fourth-order valence-electron chi connectivity index (χ4n) is 1.81. The molecule has 1 amide bonds. The maximum absolute atomic E-state index is 13.0. The van der Waals surface area contributed by atoms with Gasteiger partial charge in [-0.25, -0.2) is 4.39 Å². The molecule has 0 unspecified atom stereocenters. The number of aryl methyl sites for hydroxylation is 2. The molecule has 0 spiro atoms. The molecular formula is C16H16FNO. The van der Waals surface area contributed by atoms with E-state index in [9.17, 15) is 9.18 Å². The van der Waals surface area contributed by atoms with Crippen LogP contribution in [0.2, 0.25) is 0 Å². The highest BCUT2D eigenvalue weighted by molar-refractivity contribution is 5.94. The molecule has 0 fully saturated rings. The lowest BCUT2D eigenvalue weighted by atomic mass is 10.1. The van der Waals surface area contributed by atoms with Crippen molar-refractivity contribution in [2.75, 3.05) is 0 Å². The van der Waals surface area contributed by atoms with Gasteiger partial charge >= 0.3 is 0 Å². The maximum Gasteiger partial charge on any atom is 0.251 e. The highest BCUT2D eigenvalue weighted by Crippen LogP contribution is 2.10. The van der Waals surface area contributed by atoms with Gasteiger partial charge in [-0.05, 0) is 54.8 Å². The van der Waals surface area contributed by atoms with E-state index in [2.05, 4.69) is 5.32 Å². The Balaban J connectivity index is 2.03. The van der Waals surface area contributed by atoms with E-state index in [-0.39, 0.29) is 11.7 Å². The average molecular weight is 257 g/mol. The number of amides is 1. The Bertz CT molecular complexity index is 607. The number of carbonyl (C=O) groups excluding carboxylic acids is 1. The first kappa shape index (κ1) is 13.3. The summed E-state index contributed by atoms with van der Waals surface area (Å²) >= 11 is 0. The predicted octanol–water partition coefficient (Wildman–Crippen LogP) is 3.37. The molecule has 0 saturated carbocycles. The first-order valence-electron chi connectivity index (χ1n) is 6.16. The lowest BCUT2D eigenvalue weighted by molar-refractivity contribution is 0.0951. The van der Waals surface area contributed by atoms with Crippen molar-refractivity contribution < 1.29 is 9.18 Å². The Kier molecular flexibility index (Phi) is 3.95. The molecule has 0 heterocycles. The Morgan fingerprint density at radius 2 is 1.89 bits per heavy atom. The lowest BCUT2D eigenvalue weighted by Crippen LogP contribution is -2.22. The minimum absolute atomic E-state index is 0.146. The van der Waals surface area contributed by atoms with Crippen molar-refractivity contribution in [2.45, 2.75) is 20.4 Å². The molecule has 2 aromatic carbocycles. The second-order valence-corrected chi connectivity index (χ2v) is 4.61. The minimum atomic E-state index is -0.294. The molecule has 0 bridgehead atoms. The molecule has 0 radical (unpaired) electrons. The Labute approximate surface area is 112 Å². The SMILES string of the molecule is Cc1ccc(C(=O)NCc2cccc(F)c2)cc1C. The summed E-state index contributed by atoms with van der Waals surface area (Å²) in [7, 11) is 0. The number of hydrogen-bond donors (Lipinski definition) is 1. The second-order valence-electron chi connectivity index (χ2n) is 4.61. The van der Waals surface area contributed by atoms with Crippen LogP contribution in [-0.2, 0) is 6.54 Å². The number of rotatable bonds is 3. The molecule has 2 aromatic rings. The third-order valence-electron chi connectivity index (χ3n) is 3.11. The van der Waals surface area contributed by atoms with Gasteiger partial charge < -0.3 is 5.32 Å². The molecule has 0 aliphatic carbocycles. The van der Waals surface area contributed by atoms with E-state index in [0.717, 1.165) is 16.7 Å². The van der Waals surface area contributed by atoms with Crippen LogP contribution >= 0.6 is 0 Å². The Hall–Kier alpha value is -2.16. The summed E-state index contributed by atoms with van der Waals surface area (Å²) in [5.41, 5.74) is 3.61. The number of halogens is 1. The van der Waals surface area contributed by atoms with Crippen molar-refractivity contribution in [2.24, 2.45) is 0 Å². The molecule has 1 N–H and O–H groups in total. The molecule has 2 rings (SSSR count). The summed E-state index contributed by atoms with van der Waals surface area (Å²) in [6.45, 7) is 4.30. The molecule has 0 aliphatic heterocycles. The number of carbonyl (C=O) groups is 1. The van der Waals surface area contributed by atoms with Crippen molar-refractivity contribution in [3.63, 3.8) is 0 Å². The van der Waals surface area contributed by atoms with Crippen LogP contribution in [0.15, 0.2) is 42.5 Å². The number of benzene rings is 2. The summed E-state index contributed by atoms with van der Waals surface area (Å²) in [5, 5.41) is 2.78. The monoisotopic (exact) mass is 257 g/mol. The zero-order chi connectivity index (χ0) is 13.8. The predicted molar refractivity (Wildman–Crippen MR) is 73.5 cm³/mol. The fraction of sp³-hybridized carbons (Fsp3) is 0.188. The Morgan fingerprint density at radius 3 is 2.58 bits per heavy atom. The zero-order valence-corrected chi connectivity index (χ0v) is 11.0. The number of nitrogens with one attached hydrogen (secondary N) is 1. The van der Waals surface area contributed by atoms with Gasteiger partial charge in [-0.2, -0.15) is 0 Å². The molecule has 19 heavy (non-hydrogen) atoms. The standard InChI is InChI=1S/C16H16FNO/c1-11-6-7-14(8-12(11)2)16(19)18-10-13-4-3-5-15(17)9-13/h3-9H,10H2,1-2H3,(H,18,19). The van der Waals surface area contributed by atoms with E-state index >= 15 is 0 Å². The van der Waals surface area contributed by atoms with Crippen molar-refractivity contribution in [3.05, 3.63) is 70.5 Å². The van der Waals surface area contributed by atoms with E-state index in [4.69, 9.17) is 0 Å². The van der Waals surface area contributed by atoms with Crippen LogP contribution in [0, 0.1) is 19.7 Å². The van der Waals surface area contributed by atoms with Crippen LogP contribution in [0.25, 0.3) is 0 Å². The van der Waals surface area contributed by atoms with Crippen LogP contribution in [-0.4, -0.2) is 5.91 Å².